The first kappa shape index (κ1) is 10.5. The summed E-state index contributed by atoms with van der Waals surface area (Å²) in [4.78, 5) is 0. The second kappa shape index (κ2) is 4.10. The smallest absolute Gasteiger partial charge is 0.0452 e. The molecule has 0 saturated heterocycles. The Morgan fingerprint density at radius 3 is 2.54 bits per heavy atom. The van der Waals surface area contributed by atoms with E-state index in [0.717, 1.165) is 6.42 Å². The van der Waals surface area contributed by atoms with E-state index in [1.165, 1.54) is 11.1 Å². The van der Waals surface area contributed by atoms with Crippen LogP contribution in [0.2, 0.25) is 0 Å². The fraction of sp³-hybridized carbons (Fsp3) is 0.333. The summed E-state index contributed by atoms with van der Waals surface area (Å²) in [5.74, 6) is 0. The highest BCUT2D eigenvalue weighted by molar-refractivity contribution is 9.09. The molecule has 0 fully saturated rings. The van der Waals surface area contributed by atoms with Crippen molar-refractivity contribution in [2.24, 2.45) is 0 Å². The number of hydrogen-bond acceptors (Lipinski definition) is 0. The van der Waals surface area contributed by atoms with Crippen molar-refractivity contribution in [2.45, 2.75) is 24.6 Å². The van der Waals surface area contributed by atoms with Crippen molar-refractivity contribution >= 4 is 15.9 Å². The second-order valence-corrected chi connectivity index (χ2v) is 5.60. The molecule has 0 N–H and O–H groups in total. The minimum Gasteiger partial charge on any atom is -0.103 e. The predicted octanol–water partition coefficient (Wildman–Crippen LogP) is 4.05. The molecule has 1 aromatic carbocycles. The van der Waals surface area contributed by atoms with Gasteiger partial charge in [0.1, 0.15) is 0 Å². The van der Waals surface area contributed by atoms with Crippen molar-refractivity contribution in [3.05, 3.63) is 48.0 Å². The largest absolute Gasteiger partial charge is 0.103 e. The molecule has 0 saturated carbocycles. The highest BCUT2D eigenvalue weighted by Crippen LogP contribution is 2.32. The molecule has 1 heteroatoms. The summed E-state index contributed by atoms with van der Waals surface area (Å²) in [6, 6.07) is 8.46. The van der Waals surface area contributed by atoms with Crippen LogP contribution in [0.3, 0.4) is 0 Å². The van der Waals surface area contributed by atoms with Crippen LogP contribution in [0, 0.1) is 0 Å². The lowest BCUT2D eigenvalue weighted by atomic mass is 9.95. The quantitative estimate of drug-likeness (QED) is 0.551. The standard InChI is InChI=1S/C12H15Br/c1-4-7-10-8-5-6-9-11(10)12(2,3)13/h4-6,8-9H,1,7H2,2-3H3. The zero-order valence-electron chi connectivity index (χ0n) is 8.18. The third-order valence-electron chi connectivity index (χ3n) is 2.02. The number of halogens is 1. The average Bonchev–Trinajstić information content (AvgIpc) is 2.04. The van der Waals surface area contributed by atoms with Crippen LogP contribution >= 0.6 is 15.9 Å². The Kier molecular flexibility index (Phi) is 3.32. The van der Waals surface area contributed by atoms with Crippen molar-refractivity contribution in [3.63, 3.8) is 0 Å². The first-order valence-corrected chi connectivity index (χ1v) is 5.23. The van der Waals surface area contributed by atoms with Gasteiger partial charge in [-0.05, 0) is 31.4 Å². The molecular weight excluding hydrogens is 224 g/mol. The number of alkyl halides is 1. The number of hydrogen-bond donors (Lipinski definition) is 0. The van der Waals surface area contributed by atoms with Crippen molar-refractivity contribution in [2.75, 3.05) is 0 Å². The molecule has 0 nitrogen and oxygen atoms in total. The van der Waals surface area contributed by atoms with Crippen molar-refractivity contribution in [3.8, 4) is 0 Å². The summed E-state index contributed by atoms with van der Waals surface area (Å²) in [6.45, 7) is 8.09. The summed E-state index contributed by atoms with van der Waals surface area (Å²) in [7, 11) is 0. The minimum absolute atomic E-state index is 0.0482. The monoisotopic (exact) mass is 238 g/mol. The van der Waals surface area contributed by atoms with E-state index >= 15 is 0 Å². The van der Waals surface area contributed by atoms with Gasteiger partial charge in [0.05, 0.1) is 0 Å². The molecule has 13 heavy (non-hydrogen) atoms. The first-order valence-electron chi connectivity index (χ1n) is 4.44. The molecule has 0 aliphatic carbocycles. The topological polar surface area (TPSA) is 0 Å². The lowest BCUT2D eigenvalue weighted by molar-refractivity contribution is 0.790. The van der Waals surface area contributed by atoms with Gasteiger partial charge in [-0.2, -0.15) is 0 Å². The molecule has 0 aliphatic rings. The molecule has 0 amide bonds. The maximum Gasteiger partial charge on any atom is 0.0452 e. The Hall–Kier alpha value is -0.560. The molecule has 1 aromatic rings. The predicted molar refractivity (Wildman–Crippen MR) is 62.3 cm³/mol. The van der Waals surface area contributed by atoms with E-state index in [9.17, 15) is 0 Å². The summed E-state index contributed by atoms with van der Waals surface area (Å²) in [6.07, 6.45) is 2.88. The number of allylic oxidation sites excluding steroid dienone is 1. The van der Waals surface area contributed by atoms with E-state index in [2.05, 4.69) is 60.6 Å². The van der Waals surface area contributed by atoms with Crippen molar-refractivity contribution < 1.29 is 0 Å². The summed E-state index contributed by atoms with van der Waals surface area (Å²) in [5.41, 5.74) is 2.69. The molecule has 1 rings (SSSR count). The molecule has 0 aliphatic heterocycles. The maximum atomic E-state index is 3.76. The van der Waals surface area contributed by atoms with Crippen LogP contribution in [-0.4, -0.2) is 0 Å². The van der Waals surface area contributed by atoms with E-state index in [1.54, 1.807) is 0 Å². The first-order chi connectivity index (χ1) is 6.05. The lowest BCUT2D eigenvalue weighted by Gasteiger charge is -2.20. The van der Waals surface area contributed by atoms with E-state index in [1.807, 2.05) is 6.08 Å². The molecule has 0 atom stereocenters. The van der Waals surface area contributed by atoms with Gasteiger partial charge in [0.15, 0.2) is 0 Å². The summed E-state index contributed by atoms with van der Waals surface area (Å²) >= 11 is 3.67. The molecule has 0 bridgehead atoms. The van der Waals surface area contributed by atoms with Gasteiger partial charge >= 0.3 is 0 Å². The highest BCUT2D eigenvalue weighted by Gasteiger charge is 2.18. The number of rotatable bonds is 3. The Morgan fingerprint density at radius 1 is 1.38 bits per heavy atom. The zero-order valence-corrected chi connectivity index (χ0v) is 9.76. The SMILES string of the molecule is C=CCc1ccccc1C(C)(C)Br. The maximum absolute atomic E-state index is 3.76. The Labute approximate surface area is 88.8 Å². The van der Waals surface area contributed by atoms with Gasteiger partial charge in [0.2, 0.25) is 0 Å². The van der Waals surface area contributed by atoms with E-state index in [0.29, 0.717) is 0 Å². The van der Waals surface area contributed by atoms with Gasteiger partial charge in [-0.25, -0.2) is 0 Å². The third kappa shape index (κ3) is 2.70. The molecule has 70 valence electrons. The van der Waals surface area contributed by atoms with Crippen LogP contribution in [-0.2, 0) is 10.7 Å². The van der Waals surface area contributed by atoms with Crippen molar-refractivity contribution in [1.29, 1.82) is 0 Å². The summed E-state index contributed by atoms with van der Waals surface area (Å²) in [5, 5.41) is 0. The van der Waals surface area contributed by atoms with Gasteiger partial charge in [0.25, 0.3) is 0 Å². The van der Waals surface area contributed by atoms with Crippen LogP contribution in [0.5, 0.6) is 0 Å². The van der Waals surface area contributed by atoms with Crippen LogP contribution in [0.1, 0.15) is 25.0 Å². The Bertz CT molecular complexity index is 294. The normalized spacial score (nSPS) is 11.3. The third-order valence-corrected chi connectivity index (χ3v) is 2.45. The fourth-order valence-electron chi connectivity index (χ4n) is 1.43. The Morgan fingerprint density at radius 2 is 2.00 bits per heavy atom. The van der Waals surface area contributed by atoms with Crippen LogP contribution in [0.4, 0.5) is 0 Å². The highest BCUT2D eigenvalue weighted by atomic mass is 79.9. The van der Waals surface area contributed by atoms with Crippen LogP contribution in [0.25, 0.3) is 0 Å². The fourth-order valence-corrected chi connectivity index (χ4v) is 1.82. The lowest BCUT2D eigenvalue weighted by Crippen LogP contribution is -2.09. The van der Waals surface area contributed by atoms with Crippen LogP contribution in [0.15, 0.2) is 36.9 Å². The number of benzene rings is 1. The minimum atomic E-state index is 0.0482. The average molecular weight is 239 g/mol. The van der Waals surface area contributed by atoms with E-state index < -0.39 is 0 Å². The van der Waals surface area contributed by atoms with Gasteiger partial charge in [-0.1, -0.05) is 46.3 Å². The molecule has 0 aromatic heterocycles. The molecule has 0 radical (unpaired) electrons. The Balaban J connectivity index is 3.11. The van der Waals surface area contributed by atoms with E-state index in [-0.39, 0.29) is 4.32 Å². The van der Waals surface area contributed by atoms with Gasteiger partial charge in [-0.3, -0.25) is 0 Å². The van der Waals surface area contributed by atoms with E-state index in [4.69, 9.17) is 0 Å². The molecule has 0 heterocycles. The molecular formula is C12H15Br. The van der Waals surface area contributed by atoms with Crippen LogP contribution < -0.4 is 0 Å². The van der Waals surface area contributed by atoms with Gasteiger partial charge < -0.3 is 0 Å². The molecule has 0 unspecified atom stereocenters. The van der Waals surface area contributed by atoms with Gasteiger partial charge in [0, 0.05) is 4.32 Å². The zero-order chi connectivity index (χ0) is 9.90. The molecule has 0 spiro atoms. The van der Waals surface area contributed by atoms with Crippen molar-refractivity contribution in [1.82, 2.24) is 0 Å². The van der Waals surface area contributed by atoms with Gasteiger partial charge in [-0.15, -0.1) is 6.58 Å². The second-order valence-electron chi connectivity index (χ2n) is 3.62. The summed E-state index contributed by atoms with van der Waals surface area (Å²) < 4.78 is 0.0482.